The minimum atomic E-state index is -2.46. The van der Waals surface area contributed by atoms with Crippen LogP contribution in [0.15, 0.2) is 36.4 Å². The molecule has 24 heavy (non-hydrogen) atoms. The highest BCUT2D eigenvalue weighted by Gasteiger charge is 2.09. The summed E-state index contributed by atoms with van der Waals surface area (Å²) < 4.78 is 38.6. The second-order valence-electron chi connectivity index (χ2n) is 4.94. The summed E-state index contributed by atoms with van der Waals surface area (Å²) in [5.74, 6) is 2.01. The number of hydrogen-bond donors (Lipinski definition) is 1. The van der Waals surface area contributed by atoms with Crippen LogP contribution in [0.4, 0.5) is 0 Å². The summed E-state index contributed by atoms with van der Waals surface area (Å²) in [4.78, 5) is 0. The summed E-state index contributed by atoms with van der Waals surface area (Å²) in [6.45, 7) is 1.21. The van der Waals surface area contributed by atoms with E-state index < -0.39 is 7.04 Å². The lowest BCUT2D eigenvalue weighted by atomic mass is 10.1. The SMILES string of the molecule is Cl.[2H]C([2H])([2H])Oc1ccccc1CNCCc1cc(OC)c(I)cc1OC. The standard InChI is InChI=1S/C18H22INO3.ClH/c1-21-16-7-5-4-6-14(16)12-20-9-8-13-10-18(23-3)15(19)11-17(13)22-2;/h4-7,10-11,20H,8-9,12H2,1-3H3;1H/i1D3;. The number of nitrogens with one attached hydrogen (secondary N) is 1. The molecule has 0 fully saturated rings. The molecule has 2 aromatic carbocycles. The summed E-state index contributed by atoms with van der Waals surface area (Å²) in [5.41, 5.74) is 1.85. The third-order valence-electron chi connectivity index (χ3n) is 3.52. The molecular formula is C18H23ClINO3. The van der Waals surface area contributed by atoms with Crippen molar-refractivity contribution in [3.63, 3.8) is 0 Å². The van der Waals surface area contributed by atoms with E-state index in [1.807, 2.05) is 24.3 Å². The van der Waals surface area contributed by atoms with Gasteiger partial charge in [0.05, 0.1) is 28.9 Å². The molecule has 0 amide bonds. The molecule has 0 unspecified atom stereocenters. The van der Waals surface area contributed by atoms with Gasteiger partial charge in [-0.3, -0.25) is 0 Å². The van der Waals surface area contributed by atoms with Crippen LogP contribution in [0.25, 0.3) is 0 Å². The number of hydrogen-bond acceptors (Lipinski definition) is 4. The maximum atomic E-state index is 7.26. The molecule has 0 aliphatic carbocycles. The van der Waals surface area contributed by atoms with Gasteiger partial charge in [0, 0.05) is 12.1 Å². The van der Waals surface area contributed by atoms with Crippen LogP contribution < -0.4 is 19.5 Å². The Kier molecular flexibility index (Phi) is 7.22. The van der Waals surface area contributed by atoms with E-state index in [4.69, 9.17) is 18.3 Å². The summed E-state index contributed by atoms with van der Waals surface area (Å²) in [6, 6.07) is 11.1. The lowest BCUT2D eigenvalue weighted by Gasteiger charge is -2.13. The molecule has 4 nitrogen and oxygen atoms in total. The Morgan fingerprint density at radius 1 is 1.00 bits per heavy atom. The second-order valence-corrected chi connectivity index (χ2v) is 6.10. The van der Waals surface area contributed by atoms with Crippen molar-refractivity contribution in [2.24, 2.45) is 0 Å². The first-order valence-electron chi connectivity index (χ1n) is 8.72. The van der Waals surface area contributed by atoms with Gasteiger partial charge in [0.2, 0.25) is 0 Å². The van der Waals surface area contributed by atoms with Crippen molar-refractivity contribution in [2.45, 2.75) is 13.0 Å². The van der Waals surface area contributed by atoms with Crippen LogP contribution >= 0.6 is 35.0 Å². The van der Waals surface area contributed by atoms with Gasteiger partial charge in [-0.05, 0) is 59.3 Å². The van der Waals surface area contributed by atoms with E-state index in [-0.39, 0.29) is 12.4 Å². The Hall–Kier alpha value is -1.18. The van der Waals surface area contributed by atoms with E-state index in [2.05, 4.69) is 27.9 Å². The maximum absolute atomic E-state index is 7.26. The zero-order valence-electron chi connectivity index (χ0n) is 16.6. The lowest BCUT2D eigenvalue weighted by Crippen LogP contribution is -2.17. The average Bonchev–Trinajstić information content (AvgIpc) is 2.59. The van der Waals surface area contributed by atoms with Crippen LogP contribution in [0.1, 0.15) is 15.2 Å². The van der Waals surface area contributed by atoms with Crippen molar-refractivity contribution in [1.82, 2.24) is 5.32 Å². The first kappa shape index (κ1) is 16.3. The molecule has 0 atom stereocenters. The predicted octanol–water partition coefficient (Wildman–Crippen LogP) is 4.07. The van der Waals surface area contributed by atoms with Crippen molar-refractivity contribution in [1.29, 1.82) is 0 Å². The van der Waals surface area contributed by atoms with E-state index in [0.29, 0.717) is 18.8 Å². The molecule has 2 rings (SSSR count). The molecule has 6 heteroatoms. The molecule has 0 aromatic heterocycles. The van der Waals surface area contributed by atoms with Crippen molar-refractivity contribution >= 4 is 35.0 Å². The molecule has 0 bridgehead atoms. The van der Waals surface area contributed by atoms with E-state index in [9.17, 15) is 0 Å². The topological polar surface area (TPSA) is 39.7 Å². The number of halogens is 2. The Balaban J connectivity index is 0.00000364. The van der Waals surface area contributed by atoms with Gasteiger partial charge in [0.15, 0.2) is 0 Å². The highest BCUT2D eigenvalue weighted by Crippen LogP contribution is 2.30. The Labute approximate surface area is 167 Å². The van der Waals surface area contributed by atoms with Gasteiger partial charge in [0.1, 0.15) is 17.2 Å². The minimum Gasteiger partial charge on any atom is -0.496 e. The zero-order chi connectivity index (χ0) is 19.2. The fraction of sp³-hybridized carbons (Fsp3) is 0.333. The smallest absolute Gasteiger partial charge is 0.132 e. The van der Waals surface area contributed by atoms with Crippen molar-refractivity contribution in [2.75, 3.05) is 27.8 Å². The number of methoxy groups -OCH3 is 3. The molecular weight excluding hydrogens is 441 g/mol. The van der Waals surface area contributed by atoms with Gasteiger partial charge >= 0.3 is 0 Å². The Morgan fingerprint density at radius 3 is 2.46 bits per heavy atom. The van der Waals surface area contributed by atoms with Gasteiger partial charge in [0.25, 0.3) is 0 Å². The highest BCUT2D eigenvalue weighted by molar-refractivity contribution is 14.1. The molecule has 0 saturated carbocycles. The third kappa shape index (κ3) is 5.43. The normalized spacial score (nSPS) is 12.4. The number of para-hydroxylation sites is 1. The average molecular weight is 467 g/mol. The van der Waals surface area contributed by atoms with Gasteiger partial charge in [-0.25, -0.2) is 0 Å². The zero-order valence-corrected chi connectivity index (χ0v) is 16.6. The summed E-state index contributed by atoms with van der Waals surface area (Å²) in [6.07, 6.45) is 0.749. The molecule has 0 aliphatic heterocycles. The molecule has 0 heterocycles. The first-order valence-corrected chi connectivity index (χ1v) is 8.30. The summed E-state index contributed by atoms with van der Waals surface area (Å²) in [7, 11) is 0.840. The third-order valence-corrected chi connectivity index (χ3v) is 4.37. The molecule has 2 aromatic rings. The fourth-order valence-corrected chi connectivity index (χ4v) is 2.97. The summed E-state index contributed by atoms with van der Waals surface area (Å²) >= 11 is 2.21. The highest BCUT2D eigenvalue weighted by atomic mass is 127. The molecule has 1 N–H and O–H groups in total. The predicted molar refractivity (Wildman–Crippen MR) is 108 cm³/mol. The van der Waals surface area contributed by atoms with Gasteiger partial charge in [-0.1, -0.05) is 18.2 Å². The maximum Gasteiger partial charge on any atom is 0.132 e. The summed E-state index contributed by atoms with van der Waals surface area (Å²) in [5, 5.41) is 3.32. The first-order chi connectivity index (χ1) is 12.3. The van der Waals surface area contributed by atoms with Crippen LogP contribution in [0.5, 0.6) is 17.2 Å². The van der Waals surface area contributed by atoms with Gasteiger partial charge in [-0.2, -0.15) is 0 Å². The van der Waals surface area contributed by atoms with E-state index in [1.165, 1.54) is 0 Å². The van der Waals surface area contributed by atoms with E-state index >= 15 is 0 Å². The van der Waals surface area contributed by atoms with Crippen LogP contribution in [-0.2, 0) is 13.0 Å². The van der Waals surface area contributed by atoms with Crippen molar-refractivity contribution in [3.05, 3.63) is 51.1 Å². The van der Waals surface area contributed by atoms with Crippen LogP contribution in [0, 0.1) is 3.57 Å². The number of ether oxygens (including phenoxy) is 3. The Bertz CT molecular complexity index is 744. The van der Waals surface area contributed by atoms with E-state index in [1.54, 1.807) is 26.4 Å². The molecule has 132 valence electrons. The van der Waals surface area contributed by atoms with Gasteiger partial charge in [-0.15, -0.1) is 12.4 Å². The van der Waals surface area contributed by atoms with E-state index in [0.717, 1.165) is 32.6 Å². The number of benzene rings is 2. The van der Waals surface area contributed by atoms with Crippen LogP contribution in [0.2, 0.25) is 0 Å². The molecule has 0 radical (unpaired) electrons. The quantitative estimate of drug-likeness (QED) is 0.470. The van der Waals surface area contributed by atoms with Gasteiger partial charge < -0.3 is 19.5 Å². The lowest BCUT2D eigenvalue weighted by molar-refractivity contribution is 0.395. The molecule has 0 spiro atoms. The fourth-order valence-electron chi connectivity index (χ4n) is 2.31. The molecule has 0 saturated heterocycles. The molecule has 0 aliphatic rings. The van der Waals surface area contributed by atoms with Crippen LogP contribution in [0.3, 0.4) is 0 Å². The number of rotatable bonds is 8. The largest absolute Gasteiger partial charge is 0.496 e. The second kappa shape index (κ2) is 10.6. The van der Waals surface area contributed by atoms with Crippen molar-refractivity contribution < 1.29 is 18.3 Å². The minimum absolute atomic E-state index is 0. The monoisotopic (exact) mass is 466 g/mol. The Morgan fingerprint density at radius 2 is 1.75 bits per heavy atom. The van der Waals surface area contributed by atoms with Crippen molar-refractivity contribution in [3.8, 4) is 17.2 Å². The van der Waals surface area contributed by atoms with Crippen LogP contribution in [-0.4, -0.2) is 27.8 Å².